The second kappa shape index (κ2) is 9.13. The molecule has 0 saturated heterocycles. The third kappa shape index (κ3) is 4.78. The minimum atomic E-state index is -0.920. The van der Waals surface area contributed by atoms with Crippen LogP contribution in [0.5, 0.6) is 0 Å². The van der Waals surface area contributed by atoms with E-state index >= 15 is 0 Å². The monoisotopic (exact) mass is 411 g/mol. The van der Waals surface area contributed by atoms with Crippen LogP contribution in [0.4, 0.5) is 14.5 Å². The van der Waals surface area contributed by atoms with Gasteiger partial charge in [-0.3, -0.25) is 4.79 Å². The first-order valence-electron chi connectivity index (χ1n) is 9.07. The van der Waals surface area contributed by atoms with Crippen LogP contribution >= 0.6 is 0 Å². The Labute approximate surface area is 171 Å². The van der Waals surface area contributed by atoms with E-state index in [1.54, 1.807) is 10.8 Å². The van der Waals surface area contributed by atoms with Gasteiger partial charge in [-0.15, -0.1) is 0 Å². The number of hydrogen-bond acceptors (Lipinski definition) is 4. The molecule has 0 atom stereocenters. The minimum Gasteiger partial charge on any atom is -0.452 e. The van der Waals surface area contributed by atoms with Crippen molar-refractivity contribution in [2.45, 2.75) is 13.8 Å². The summed E-state index contributed by atoms with van der Waals surface area (Å²) >= 11 is 0. The zero-order valence-corrected chi connectivity index (χ0v) is 16.4. The summed E-state index contributed by atoms with van der Waals surface area (Å²) in [6.07, 6.45) is 2.72. The molecule has 0 bridgehead atoms. The summed E-state index contributed by atoms with van der Waals surface area (Å²) in [6, 6.07) is 12.7. The molecule has 154 valence electrons. The maximum atomic E-state index is 13.5. The van der Waals surface area contributed by atoms with Crippen LogP contribution in [0.1, 0.15) is 17.0 Å². The highest BCUT2D eigenvalue weighted by atomic mass is 19.1. The predicted molar refractivity (Wildman–Crippen MR) is 108 cm³/mol. The summed E-state index contributed by atoms with van der Waals surface area (Å²) in [5.74, 6) is -3.47. The van der Waals surface area contributed by atoms with Crippen molar-refractivity contribution in [1.29, 1.82) is 0 Å². The SMILES string of the molecule is Cc1nn(-c2ccccc2)c(C)c1/C=C/C(=O)OCC(=O)Nc1c(F)cccc1F. The molecule has 0 unspecified atom stereocenters. The van der Waals surface area contributed by atoms with Gasteiger partial charge in [0, 0.05) is 17.3 Å². The number of aryl methyl sites for hydroxylation is 1. The summed E-state index contributed by atoms with van der Waals surface area (Å²) in [5.41, 5.74) is 2.59. The van der Waals surface area contributed by atoms with Crippen molar-refractivity contribution in [1.82, 2.24) is 9.78 Å². The van der Waals surface area contributed by atoms with E-state index < -0.39 is 35.8 Å². The van der Waals surface area contributed by atoms with Gasteiger partial charge in [0.25, 0.3) is 5.91 Å². The van der Waals surface area contributed by atoms with Crippen molar-refractivity contribution in [3.05, 3.63) is 83.2 Å². The molecule has 2 aromatic carbocycles. The maximum absolute atomic E-state index is 13.5. The average Bonchev–Trinajstić information content (AvgIpc) is 3.02. The van der Waals surface area contributed by atoms with E-state index in [0.717, 1.165) is 29.1 Å². The van der Waals surface area contributed by atoms with Gasteiger partial charge < -0.3 is 10.1 Å². The standard InChI is InChI=1S/C22H19F2N3O3/c1-14-17(15(2)27(26-14)16-7-4-3-5-8-16)11-12-21(29)30-13-20(28)25-22-18(23)9-6-10-19(22)24/h3-12H,13H2,1-2H3,(H,25,28)/b12-11+. The first-order valence-corrected chi connectivity index (χ1v) is 9.07. The average molecular weight is 411 g/mol. The van der Waals surface area contributed by atoms with Crippen LogP contribution in [0.3, 0.4) is 0 Å². The molecule has 0 aliphatic rings. The fourth-order valence-electron chi connectivity index (χ4n) is 2.85. The van der Waals surface area contributed by atoms with Gasteiger partial charge in [-0.1, -0.05) is 24.3 Å². The fraction of sp³-hybridized carbons (Fsp3) is 0.136. The molecule has 1 heterocycles. The molecule has 0 radical (unpaired) electrons. The number of halogens is 2. The maximum Gasteiger partial charge on any atom is 0.331 e. The van der Waals surface area contributed by atoms with Gasteiger partial charge >= 0.3 is 5.97 Å². The Morgan fingerprint density at radius 3 is 2.40 bits per heavy atom. The molecule has 0 fully saturated rings. The Hall–Kier alpha value is -3.81. The van der Waals surface area contributed by atoms with E-state index in [-0.39, 0.29) is 0 Å². The molecular formula is C22H19F2N3O3. The number of rotatable bonds is 6. The van der Waals surface area contributed by atoms with E-state index in [0.29, 0.717) is 5.69 Å². The van der Waals surface area contributed by atoms with Crippen molar-refractivity contribution in [3.63, 3.8) is 0 Å². The van der Waals surface area contributed by atoms with Gasteiger partial charge in [-0.2, -0.15) is 5.10 Å². The number of anilines is 1. The Bertz CT molecular complexity index is 1090. The van der Waals surface area contributed by atoms with E-state index in [1.807, 2.05) is 49.5 Å². The van der Waals surface area contributed by atoms with E-state index in [9.17, 15) is 18.4 Å². The number of ether oxygens (including phenoxy) is 1. The van der Waals surface area contributed by atoms with Crippen molar-refractivity contribution in [2.24, 2.45) is 0 Å². The van der Waals surface area contributed by atoms with Crippen LogP contribution in [0.25, 0.3) is 11.8 Å². The van der Waals surface area contributed by atoms with Crippen molar-refractivity contribution >= 4 is 23.6 Å². The second-order valence-corrected chi connectivity index (χ2v) is 6.42. The topological polar surface area (TPSA) is 73.2 Å². The van der Waals surface area contributed by atoms with Crippen LogP contribution in [-0.2, 0) is 14.3 Å². The third-order valence-corrected chi connectivity index (χ3v) is 4.31. The summed E-state index contributed by atoms with van der Waals surface area (Å²) in [5, 5.41) is 6.52. The number of para-hydroxylation sites is 2. The van der Waals surface area contributed by atoms with Gasteiger partial charge in [0.2, 0.25) is 0 Å². The number of benzene rings is 2. The normalized spacial score (nSPS) is 10.9. The van der Waals surface area contributed by atoms with Crippen molar-refractivity contribution in [2.75, 3.05) is 11.9 Å². The number of esters is 1. The molecule has 30 heavy (non-hydrogen) atoms. The lowest BCUT2D eigenvalue weighted by molar-refractivity contribution is -0.142. The summed E-state index contributed by atoms with van der Waals surface area (Å²) in [4.78, 5) is 23.7. The summed E-state index contributed by atoms with van der Waals surface area (Å²) < 4.78 is 33.7. The zero-order chi connectivity index (χ0) is 21.7. The summed E-state index contributed by atoms with van der Waals surface area (Å²) in [6.45, 7) is 3.00. The predicted octanol–water partition coefficient (Wildman–Crippen LogP) is 3.96. The molecule has 0 aliphatic carbocycles. The summed E-state index contributed by atoms with van der Waals surface area (Å²) in [7, 11) is 0. The van der Waals surface area contributed by atoms with Gasteiger partial charge in [0.05, 0.1) is 11.4 Å². The molecule has 0 aliphatic heterocycles. The molecule has 0 spiro atoms. The van der Waals surface area contributed by atoms with Crippen LogP contribution in [-0.4, -0.2) is 28.3 Å². The first kappa shape index (κ1) is 20.9. The molecule has 3 rings (SSSR count). The lowest BCUT2D eigenvalue weighted by Gasteiger charge is -2.07. The number of carbonyl (C=O) groups is 2. The number of nitrogens with one attached hydrogen (secondary N) is 1. The highest BCUT2D eigenvalue weighted by Gasteiger charge is 2.14. The fourth-order valence-corrected chi connectivity index (χ4v) is 2.85. The zero-order valence-electron chi connectivity index (χ0n) is 16.4. The molecule has 8 heteroatoms. The lowest BCUT2D eigenvalue weighted by Crippen LogP contribution is -2.21. The van der Waals surface area contributed by atoms with Crippen LogP contribution < -0.4 is 5.32 Å². The van der Waals surface area contributed by atoms with Gasteiger partial charge in [0.15, 0.2) is 6.61 Å². The molecule has 6 nitrogen and oxygen atoms in total. The number of amides is 1. The number of carbonyl (C=O) groups excluding carboxylic acids is 2. The Morgan fingerprint density at radius 2 is 1.73 bits per heavy atom. The van der Waals surface area contributed by atoms with Crippen molar-refractivity contribution in [3.8, 4) is 5.69 Å². The highest BCUT2D eigenvalue weighted by molar-refractivity contribution is 5.94. The largest absolute Gasteiger partial charge is 0.452 e. The lowest BCUT2D eigenvalue weighted by atomic mass is 10.2. The molecule has 0 saturated carbocycles. The Morgan fingerprint density at radius 1 is 1.07 bits per heavy atom. The van der Waals surface area contributed by atoms with Gasteiger partial charge in [0.1, 0.15) is 17.3 Å². The van der Waals surface area contributed by atoms with Crippen LogP contribution in [0, 0.1) is 25.5 Å². The molecule has 1 N–H and O–H groups in total. The smallest absolute Gasteiger partial charge is 0.331 e. The Balaban J connectivity index is 1.61. The van der Waals surface area contributed by atoms with E-state index in [4.69, 9.17) is 4.74 Å². The molecule has 1 aromatic heterocycles. The van der Waals surface area contributed by atoms with Crippen LogP contribution in [0.2, 0.25) is 0 Å². The molecule has 3 aromatic rings. The minimum absolute atomic E-state index is 0.589. The van der Waals surface area contributed by atoms with Gasteiger partial charge in [-0.05, 0) is 44.2 Å². The molecular weight excluding hydrogens is 392 g/mol. The van der Waals surface area contributed by atoms with Crippen LogP contribution in [0.15, 0.2) is 54.6 Å². The number of nitrogens with zero attached hydrogens (tertiary/aromatic N) is 2. The highest BCUT2D eigenvalue weighted by Crippen LogP contribution is 2.19. The third-order valence-electron chi connectivity index (χ3n) is 4.31. The van der Waals surface area contributed by atoms with E-state index in [2.05, 4.69) is 5.10 Å². The van der Waals surface area contributed by atoms with Crippen molar-refractivity contribution < 1.29 is 23.1 Å². The Kier molecular flexibility index (Phi) is 6.36. The quantitative estimate of drug-likeness (QED) is 0.492. The van der Waals surface area contributed by atoms with Gasteiger partial charge in [-0.25, -0.2) is 18.3 Å². The second-order valence-electron chi connectivity index (χ2n) is 6.42. The number of hydrogen-bond donors (Lipinski definition) is 1. The first-order chi connectivity index (χ1) is 14.4. The number of aromatic nitrogens is 2. The molecule has 1 amide bonds. The van der Waals surface area contributed by atoms with E-state index in [1.165, 1.54) is 12.1 Å².